The van der Waals surface area contributed by atoms with Crippen LogP contribution in [0.4, 0.5) is 13.2 Å². The van der Waals surface area contributed by atoms with E-state index in [1.54, 1.807) is 26.0 Å². The molecule has 0 aliphatic carbocycles. The fraction of sp³-hybridized carbons (Fsp3) is 0.214. The normalized spacial score (nSPS) is 11.4. The first kappa shape index (κ1) is 14.2. The number of nitrogens with zero attached hydrogens (tertiary/aromatic N) is 1. The van der Waals surface area contributed by atoms with Crippen LogP contribution in [0.5, 0.6) is 11.5 Å². The fourth-order valence-electron chi connectivity index (χ4n) is 1.90. The Bertz CT molecular complexity index is 619. The highest BCUT2D eigenvalue weighted by Crippen LogP contribution is 2.35. The minimum absolute atomic E-state index is 0.510. The molecule has 0 aliphatic rings. The Kier molecular flexibility index (Phi) is 3.57. The number of phenolic OH excluding ortho intramolecular Hbond substituents is 1. The van der Waals surface area contributed by atoms with E-state index in [2.05, 4.69) is 9.72 Å². The quantitative estimate of drug-likeness (QED) is 0.906. The van der Waals surface area contributed by atoms with Gasteiger partial charge >= 0.3 is 6.36 Å². The summed E-state index contributed by atoms with van der Waals surface area (Å²) in [6.07, 6.45) is -4.85. The molecule has 3 nitrogen and oxygen atoms in total. The van der Waals surface area contributed by atoms with Crippen molar-refractivity contribution in [3.63, 3.8) is 0 Å². The second-order valence-electron chi connectivity index (χ2n) is 4.37. The first-order valence-corrected chi connectivity index (χ1v) is 5.79. The van der Waals surface area contributed by atoms with E-state index >= 15 is 0 Å². The molecule has 0 saturated heterocycles. The Hall–Kier alpha value is -2.24. The molecule has 0 unspecified atom stereocenters. The van der Waals surface area contributed by atoms with Crippen molar-refractivity contribution >= 4 is 0 Å². The van der Waals surface area contributed by atoms with E-state index in [1.807, 2.05) is 0 Å². The third-order valence-corrected chi connectivity index (χ3v) is 2.60. The molecule has 2 rings (SSSR count). The van der Waals surface area contributed by atoms with E-state index < -0.39 is 17.9 Å². The predicted molar refractivity (Wildman–Crippen MR) is 67.5 cm³/mol. The number of aromatic hydroxyl groups is 1. The van der Waals surface area contributed by atoms with Crippen molar-refractivity contribution < 1.29 is 23.0 Å². The van der Waals surface area contributed by atoms with Crippen LogP contribution in [0.3, 0.4) is 0 Å². The molecule has 2 aromatic rings. The zero-order chi connectivity index (χ0) is 14.9. The molecule has 1 heterocycles. The number of rotatable bonds is 2. The number of alkyl halides is 3. The monoisotopic (exact) mass is 283 g/mol. The van der Waals surface area contributed by atoms with Crippen LogP contribution in [0.1, 0.15) is 11.4 Å². The largest absolute Gasteiger partial charge is 0.573 e. The summed E-state index contributed by atoms with van der Waals surface area (Å²) in [6.45, 7) is 3.59. The molecular weight excluding hydrogens is 271 g/mol. The Morgan fingerprint density at radius 3 is 2.15 bits per heavy atom. The van der Waals surface area contributed by atoms with Gasteiger partial charge in [0, 0.05) is 11.4 Å². The molecule has 1 N–H and O–H groups in total. The number of halogens is 3. The van der Waals surface area contributed by atoms with Gasteiger partial charge in [-0.3, -0.25) is 4.98 Å². The molecule has 0 saturated carbocycles. The maximum Gasteiger partial charge on any atom is 0.573 e. The average molecular weight is 283 g/mol. The van der Waals surface area contributed by atoms with Gasteiger partial charge in [0.15, 0.2) is 11.5 Å². The molecule has 0 aliphatic heterocycles. The van der Waals surface area contributed by atoms with E-state index in [-0.39, 0.29) is 0 Å². The molecule has 0 spiro atoms. The summed E-state index contributed by atoms with van der Waals surface area (Å²) in [5, 5.41) is 9.42. The molecule has 20 heavy (non-hydrogen) atoms. The lowest BCUT2D eigenvalue weighted by Gasteiger charge is -2.12. The lowest BCUT2D eigenvalue weighted by Crippen LogP contribution is -2.17. The van der Waals surface area contributed by atoms with Crippen molar-refractivity contribution in [1.29, 1.82) is 0 Å². The Morgan fingerprint density at radius 1 is 1.00 bits per heavy atom. The third kappa shape index (κ3) is 3.40. The topological polar surface area (TPSA) is 42.4 Å². The summed E-state index contributed by atoms with van der Waals surface area (Å²) in [5.41, 5.74) is 2.73. The Morgan fingerprint density at radius 2 is 1.60 bits per heavy atom. The first-order chi connectivity index (χ1) is 9.24. The van der Waals surface area contributed by atoms with Crippen LogP contribution >= 0.6 is 0 Å². The van der Waals surface area contributed by atoms with Crippen LogP contribution in [0.2, 0.25) is 0 Å². The zero-order valence-corrected chi connectivity index (χ0v) is 10.8. The third-order valence-electron chi connectivity index (χ3n) is 2.60. The second kappa shape index (κ2) is 5.03. The van der Waals surface area contributed by atoms with Gasteiger partial charge in [0.1, 0.15) is 0 Å². The van der Waals surface area contributed by atoms with Gasteiger partial charge in [0.25, 0.3) is 0 Å². The van der Waals surface area contributed by atoms with Gasteiger partial charge in [-0.05, 0) is 49.2 Å². The van der Waals surface area contributed by atoms with Crippen molar-refractivity contribution in [2.24, 2.45) is 0 Å². The number of aryl methyl sites for hydroxylation is 2. The van der Waals surface area contributed by atoms with Gasteiger partial charge in [-0.15, -0.1) is 13.2 Å². The van der Waals surface area contributed by atoms with Crippen LogP contribution in [-0.2, 0) is 0 Å². The highest BCUT2D eigenvalue weighted by molar-refractivity contribution is 5.67. The van der Waals surface area contributed by atoms with Crippen molar-refractivity contribution in [1.82, 2.24) is 4.98 Å². The van der Waals surface area contributed by atoms with Gasteiger partial charge < -0.3 is 9.84 Å². The number of ether oxygens (including phenoxy) is 1. The van der Waals surface area contributed by atoms with Gasteiger partial charge in [-0.1, -0.05) is 6.07 Å². The van der Waals surface area contributed by atoms with Crippen molar-refractivity contribution in [2.75, 3.05) is 0 Å². The van der Waals surface area contributed by atoms with Crippen molar-refractivity contribution in [3.05, 3.63) is 41.7 Å². The summed E-state index contributed by atoms with van der Waals surface area (Å²) in [7, 11) is 0. The number of hydrogen-bond acceptors (Lipinski definition) is 3. The summed E-state index contributed by atoms with van der Waals surface area (Å²) in [5.74, 6) is -1.18. The summed E-state index contributed by atoms with van der Waals surface area (Å²) < 4.78 is 40.5. The molecule has 0 atom stereocenters. The number of aromatic nitrogens is 1. The van der Waals surface area contributed by atoms with Crippen LogP contribution in [0.25, 0.3) is 11.1 Å². The van der Waals surface area contributed by atoms with E-state index in [1.165, 1.54) is 12.1 Å². The predicted octanol–water partition coefficient (Wildman–Crippen LogP) is 3.97. The SMILES string of the molecule is Cc1cc(-c2ccc(O)c(OC(F)(F)F)c2)cc(C)n1. The molecule has 106 valence electrons. The number of phenols is 1. The van der Waals surface area contributed by atoms with Crippen LogP contribution in [-0.4, -0.2) is 16.5 Å². The van der Waals surface area contributed by atoms with E-state index in [0.29, 0.717) is 11.1 Å². The van der Waals surface area contributed by atoms with Gasteiger partial charge in [0.05, 0.1) is 0 Å². The second-order valence-corrected chi connectivity index (χ2v) is 4.37. The lowest BCUT2D eigenvalue weighted by atomic mass is 10.0. The molecule has 1 aromatic heterocycles. The number of benzene rings is 1. The highest BCUT2D eigenvalue weighted by Gasteiger charge is 2.32. The minimum Gasteiger partial charge on any atom is -0.504 e. The van der Waals surface area contributed by atoms with E-state index in [9.17, 15) is 18.3 Å². The van der Waals surface area contributed by atoms with E-state index in [4.69, 9.17) is 0 Å². The van der Waals surface area contributed by atoms with Crippen molar-refractivity contribution in [2.45, 2.75) is 20.2 Å². The fourth-order valence-corrected chi connectivity index (χ4v) is 1.90. The van der Waals surface area contributed by atoms with E-state index in [0.717, 1.165) is 17.5 Å². The number of hydrogen-bond donors (Lipinski definition) is 1. The van der Waals surface area contributed by atoms with Gasteiger partial charge in [-0.25, -0.2) is 0 Å². The maximum atomic E-state index is 12.2. The van der Waals surface area contributed by atoms with Crippen LogP contribution in [0, 0.1) is 13.8 Å². The molecule has 0 radical (unpaired) electrons. The molecule has 0 fully saturated rings. The molecule has 6 heteroatoms. The average Bonchev–Trinajstić information content (AvgIpc) is 2.29. The Labute approximate surface area is 113 Å². The summed E-state index contributed by atoms with van der Waals surface area (Å²) >= 11 is 0. The minimum atomic E-state index is -4.85. The van der Waals surface area contributed by atoms with Crippen molar-refractivity contribution in [3.8, 4) is 22.6 Å². The zero-order valence-electron chi connectivity index (χ0n) is 10.8. The number of pyridine rings is 1. The smallest absolute Gasteiger partial charge is 0.504 e. The molecular formula is C14H12F3NO2. The lowest BCUT2D eigenvalue weighted by molar-refractivity contribution is -0.275. The highest BCUT2D eigenvalue weighted by atomic mass is 19.4. The molecule has 0 bridgehead atoms. The van der Waals surface area contributed by atoms with Gasteiger partial charge in [0.2, 0.25) is 0 Å². The molecule has 1 aromatic carbocycles. The van der Waals surface area contributed by atoms with Crippen LogP contribution in [0.15, 0.2) is 30.3 Å². The maximum absolute atomic E-state index is 12.2. The first-order valence-electron chi connectivity index (χ1n) is 5.79. The summed E-state index contributed by atoms with van der Waals surface area (Å²) in [6, 6.07) is 7.33. The van der Waals surface area contributed by atoms with Gasteiger partial charge in [-0.2, -0.15) is 0 Å². The molecule has 0 amide bonds. The van der Waals surface area contributed by atoms with Crippen LogP contribution < -0.4 is 4.74 Å². The standard InChI is InChI=1S/C14H12F3NO2/c1-8-5-11(6-9(2)18-8)10-3-4-12(19)13(7-10)20-14(15,16)17/h3-7,19H,1-2H3. The Balaban J connectivity index is 2.45. The summed E-state index contributed by atoms with van der Waals surface area (Å²) in [4.78, 5) is 4.20.